The van der Waals surface area contributed by atoms with Crippen molar-refractivity contribution in [1.82, 2.24) is 4.90 Å². The number of hydrogen-bond donors (Lipinski definition) is 1. The van der Waals surface area contributed by atoms with E-state index in [1.165, 1.54) is 0 Å². The molecule has 72 valence electrons. The second-order valence-electron chi connectivity index (χ2n) is 4.19. The van der Waals surface area contributed by atoms with Crippen LogP contribution < -0.4 is 0 Å². The van der Waals surface area contributed by atoms with Gasteiger partial charge in [-0.25, -0.2) is 0 Å². The van der Waals surface area contributed by atoms with Gasteiger partial charge in [0.15, 0.2) is 0 Å². The molecule has 1 saturated heterocycles. The molecular formula is C9H18FNO. The van der Waals surface area contributed by atoms with Gasteiger partial charge in [0.1, 0.15) is 0 Å². The van der Waals surface area contributed by atoms with Gasteiger partial charge in [0.05, 0.1) is 13.3 Å². The Labute approximate surface area is 73.4 Å². The number of piperidine rings is 1. The van der Waals surface area contributed by atoms with Gasteiger partial charge in [-0.1, -0.05) is 6.92 Å². The summed E-state index contributed by atoms with van der Waals surface area (Å²) < 4.78 is 12.6. The molecule has 0 bridgehead atoms. The van der Waals surface area contributed by atoms with Gasteiger partial charge in [-0.2, -0.15) is 0 Å². The summed E-state index contributed by atoms with van der Waals surface area (Å²) in [7, 11) is 2.02. The Morgan fingerprint density at radius 2 is 2.33 bits per heavy atom. The monoisotopic (exact) mass is 175 g/mol. The molecule has 0 aliphatic carbocycles. The number of hydrogen-bond acceptors (Lipinski definition) is 2. The topological polar surface area (TPSA) is 23.5 Å². The Morgan fingerprint density at radius 1 is 1.67 bits per heavy atom. The van der Waals surface area contributed by atoms with Gasteiger partial charge in [0.2, 0.25) is 0 Å². The molecule has 1 N–H and O–H groups in total. The van der Waals surface area contributed by atoms with Crippen LogP contribution in [0.2, 0.25) is 0 Å². The van der Waals surface area contributed by atoms with E-state index in [9.17, 15) is 9.50 Å². The van der Waals surface area contributed by atoms with E-state index in [1.807, 2.05) is 14.0 Å². The predicted molar refractivity (Wildman–Crippen MR) is 46.8 cm³/mol. The Hall–Kier alpha value is -0.150. The molecule has 1 aliphatic heterocycles. The van der Waals surface area contributed by atoms with E-state index in [4.69, 9.17) is 0 Å². The highest BCUT2D eigenvalue weighted by Crippen LogP contribution is 2.34. The second kappa shape index (κ2) is 3.71. The zero-order valence-corrected chi connectivity index (χ0v) is 7.89. The van der Waals surface area contributed by atoms with Crippen molar-refractivity contribution in [2.45, 2.75) is 13.3 Å². The van der Waals surface area contributed by atoms with Crippen LogP contribution in [0.15, 0.2) is 0 Å². The van der Waals surface area contributed by atoms with E-state index in [2.05, 4.69) is 4.90 Å². The first-order chi connectivity index (χ1) is 5.62. The summed E-state index contributed by atoms with van der Waals surface area (Å²) in [6, 6.07) is 0. The van der Waals surface area contributed by atoms with Crippen LogP contribution in [0.3, 0.4) is 0 Å². The molecule has 0 saturated carbocycles. The Bertz CT molecular complexity index is 153. The van der Waals surface area contributed by atoms with Crippen molar-refractivity contribution in [3.8, 4) is 0 Å². The van der Waals surface area contributed by atoms with E-state index < -0.39 is 0 Å². The van der Waals surface area contributed by atoms with Crippen molar-refractivity contribution in [2.24, 2.45) is 11.3 Å². The van der Waals surface area contributed by atoms with E-state index in [0.29, 0.717) is 0 Å². The molecule has 0 amide bonds. The fourth-order valence-corrected chi connectivity index (χ4v) is 1.99. The maximum Gasteiger partial charge on any atom is 0.0929 e. The summed E-state index contributed by atoms with van der Waals surface area (Å²) in [5.41, 5.74) is -0.234. The average molecular weight is 175 g/mol. The molecule has 0 spiro atoms. The number of alkyl halides is 1. The van der Waals surface area contributed by atoms with Crippen LogP contribution in [0.1, 0.15) is 13.3 Å². The Balaban J connectivity index is 2.63. The lowest BCUT2D eigenvalue weighted by Gasteiger charge is -2.43. The molecule has 3 heteroatoms. The average Bonchev–Trinajstić information content (AvgIpc) is 2.05. The molecule has 1 aliphatic rings. The number of nitrogens with zero attached hydrogens (tertiary/aromatic N) is 1. The number of rotatable bonds is 2. The van der Waals surface area contributed by atoms with Gasteiger partial charge >= 0.3 is 0 Å². The van der Waals surface area contributed by atoms with E-state index in [-0.39, 0.29) is 24.6 Å². The lowest BCUT2D eigenvalue weighted by molar-refractivity contribution is -0.00537. The maximum absolute atomic E-state index is 12.6. The van der Waals surface area contributed by atoms with Crippen LogP contribution in [0.4, 0.5) is 4.39 Å². The van der Waals surface area contributed by atoms with Gasteiger partial charge < -0.3 is 10.0 Å². The summed E-state index contributed by atoms with van der Waals surface area (Å²) in [6.07, 6.45) is 0.865. The van der Waals surface area contributed by atoms with Crippen LogP contribution in [0.25, 0.3) is 0 Å². The lowest BCUT2D eigenvalue weighted by atomic mass is 9.74. The zero-order chi connectivity index (χ0) is 9.19. The highest BCUT2D eigenvalue weighted by Gasteiger charge is 2.37. The SMILES string of the molecule is CN1CC[C@H](CF)[C@](C)(CO)C1. The summed E-state index contributed by atoms with van der Waals surface area (Å²) >= 11 is 0. The standard InChI is InChI=1S/C9H18FNO/c1-9(7-12)6-11(2)4-3-8(9)5-10/h8,12H,3-7H2,1-2H3/t8-,9+/m1/s1. The molecule has 1 rings (SSSR count). The smallest absolute Gasteiger partial charge is 0.0929 e. The summed E-state index contributed by atoms with van der Waals surface area (Å²) in [5.74, 6) is 0.0405. The van der Waals surface area contributed by atoms with Gasteiger partial charge in [-0.15, -0.1) is 0 Å². The van der Waals surface area contributed by atoms with Crippen LogP contribution in [-0.2, 0) is 0 Å². The number of likely N-dealkylation sites (tertiary alicyclic amines) is 1. The minimum Gasteiger partial charge on any atom is -0.396 e. The summed E-state index contributed by atoms with van der Waals surface area (Å²) in [5, 5.41) is 9.18. The quantitative estimate of drug-likeness (QED) is 0.674. The van der Waals surface area contributed by atoms with Crippen molar-refractivity contribution >= 4 is 0 Å². The fourth-order valence-electron chi connectivity index (χ4n) is 1.99. The van der Waals surface area contributed by atoms with E-state index in [0.717, 1.165) is 19.5 Å². The normalized spacial score (nSPS) is 38.5. The number of aliphatic hydroxyl groups is 1. The third-order valence-electron chi connectivity index (χ3n) is 3.02. The van der Waals surface area contributed by atoms with Crippen LogP contribution in [0.5, 0.6) is 0 Å². The van der Waals surface area contributed by atoms with Crippen molar-refractivity contribution in [3.63, 3.8) is 0 Å². The maximum atomic E-state index is 12.6. The second-order valence-corrected chi connectivity index (χ2v) is 4.19. The van der Waals surface area contributed by atoms with E-state index in [1.54, 1.807) is 0 Å². The van der Waals surface area contributed by atoms with Crippen LogP contribution in [-0.4, -0.2) is 43.4 Å². The van der Waals surface area contributed by atoms with Gasteiger partial charge in [0, 0.05) is 12.0 Å². The van der Waals surface area contributed by atoms with Gasteiger partial charge in [0.25, 0.3) is 0 Å². The molecule has 0 aromatic carbocycles. The largest absolute Gasteiger partial charge is 0.396 e. The Morgan fingerprint density at radius 3 is 2.83 bits per heavy atom. The highest BCUT2D eigenvalue weighted by molar-refractivity contribution is 4.88. The molecular weight excluding hydrogens is 157 g/mol. The number of halogens is 1. The fraction of sp³-hybridized carbons (Fsp3) is 1.00. The van der Waals surface area contributed by atoms with Crippen LogP contribution in [0, 0.1) is 11.3 Å². The third-order valence-corrected chi connectivity index (χ3v) is 3.02. The minimum atomic E-state index is -0.301. The molecule has 0 aromatic heterocycles. The van der Waals surface area contributed by atoms with Gasteiger partial charge in [-0.3, -0.25) is 4.39 Å². The van der Waals surface area contributed by atoms with Crippen molar-refractivity contribution in [2.75, 3.05) is 33.4 Å². The molecule has 2 atom stereocenters. The van der Waals surface area contributed by atoms with Crippen LogP contribution >= 0.6 is 0 Å². The molecule has 0 radical (unpaired) electrons. The zero-order valence-electron chi connectivity index (χ0n) is 7.89. The summed E-state index contributed by atoms with van der Waals surface area (Å²) in [4.78, 5) is 2.16. The van der Waals surface area contributed by atoms with Gasteiger partial charge in [-0.05, 0) is 25.9 Å². The third kappa shape index (κ3) is 1.77. The van der Waals surface area contributed by atoms with Crippen molar-refractivity contribution < 1.29 is 9.50 Å². The Kier molecular flexibility index (Phi) is 3.07. The molecule has 1 fully saturated rings. The molecule has 0 aromatic rings. The molecule has 1 heterocycles. The molecule has 0 unspecified atom stereocenters. The minimum absolute atomic E-state index is 0.0405. The summed E-state index contributed by atoms with van der Waals surface area (Å²) in [6.45, 7) is 3.51. The lowest BCUT2D eigenvalue weighted by Crippen LogP contribution is -2.48. The van der Waals surface area contributed by atoms with Crippen molar-refractivity contribution in [1.29, 1.82) is 0 Å². The first-order valence-corrected chi connectivity index (χ1v) is 4.48. The first-order valence-electron chi connectivity index (χ1n) is 4.48. The molecule has 2 nitrogen and oxygen atoms in total. The van der Waals surface area contributed by atoms with E-state index >= 15 is 0 Å². The highest BCUT2D eigenvalue weighted by atomic mass is 19.1. The molecule has 12 heavy (non-hydrogen) atoms. The first kappa shape index (κ1) is 9.93. The van der Waals surface area contributed by atoms with Crippen molar-refractivity contribution in [3.05, 3.63) is 0 Å². The number of aliphatic hydroxyl groups excluding tert-OH is 1. The predicted octanol–water partition coefficient (Wildman–Crippen LogP) is 0.906.